The Hall–Kier alpha value is -3.58. The fourth-order valence-corrected chi connectivity index (χ4v) is 2.95. The molecule has 0 spiro atoms. The van der Waals surface area contributed by atoms with Gasteiger partial charge in [-0.05, 0) is 43.9 Å². The molecular weight excluding hydrogens is 382 g/mol. The summed E-state index contributed by atoms with van der Waals surface area (Å²) in [5, 5.41) is 5.63. The predicted molar refractivity (Wildman–Crippen MR) is 114 cm³/mol. The molecule has 0 radical (unpaired) electrons. The largest absolute Gasteiger partial charge is 0.484 e. The molecule has 1 atom stereocenters. The summed E-state index contributed by atoms with van der Waals surface area (Å²) in [6.45, 7) is 0.350. The van der Waals surface area contributed by atoms with Gasteiger partial charge >= 0.3 is 0 Å². The van der Waals surface area contributed by atoms with Gasteiger partial charge in [0.05, 0.1) is 12.3 Å². The summed E-state index contributed by atoms with van der Waals surface area (Å²) < 4.78 is 10.7. The first-order valence-corrected chi connectivity index (χ1v) is 9.58. The Balaban J connectivity index is 1.50. The van der Waals surface area contributed by atoms with Crippen LogP contribution in [0.2, 0.25) is 0 Å². The van der Waals surface area contributed by atoms with Gasteiger partial charge in [0.25, 0.3) is 11.8 Å². The predicted octanol–water partition coefficient (Wildman–Crippen LogP) is 3.33. The molecule has 0 aliphatic carbocycles. The minimum Gasteiger partial charge on any atom is -0.484 e. The smallest absolute Gasteiger partial charge is 0.291 e. The fourth-order valence-electron chi connectivity index (χ4n) is 2.95. The van der Waals surface area contributed by atoms with E-state index in [4.69, 9.17) is 9.15 Å². The molecule has 1 unspecified atom stereocenters. The standard InChI is InChI=1S/C23H25N3O4/c1-26(2)20(17-8-4-3-5-9-17)15-24-22(27)16-30-19-11-6-10-18(14-19)25-23(28)21-12-7-13-29-21/h3-14,20H,15-16H2,1-2H3,(H,24,27)(H,25,28). The van der Waals surface area contributed by atoms with Crippen LogP contribution < -0.4 is 15.4 Å². The summed E-state index contributed by atoms with van der Waals surface area (Å²) in [5.74, 6) is 0.123. The van der Waals surface area contributed by atoms with Crippen LogP contribution >= 0.6 is 0 Å². The minimum absolute atomic E-state index is 0.0651. The Bertz CT molecular complexity index is 956. The number of hydrogen-bond donors (Lipinski definition) is 2. The van der Waals surface area contributed by atoms with Gasteiger partial charge in [0, 0.05) is 18.3 Å². The van der Waals surface area contributed by atoms with Gasteiger partial charge in [-0.3, -0.25) is 9.59 Å². The molecule has 0 aliphatic rings. The van der Waals surface area contributed by atoms with Crippen molar-refractivity contribution >= 4 is 17.5 Å². The maximum Gasteiger partial charge on any atom is 0.291 e. The number of nitrogens with zero attached hydrogens (tertiary/aromatic N) is 1. The second-order valence-electron chi connectivity index (χ2n) is 6.94. The highest BCUT2D eigenvalue weighted by Gasteiger charge is 2.15. The zero-order chi connectivity index (χ0) is 21.3. The van der Waals surface area contributed by atoms with Gasteiger partial charge in [-0.1, -0.05) is 36.4 Å². The molecule has 3 rings (SSSR count). The lowest BCUT2D eigenvalue weighted by Crippen LogP contribution is -2.36. The lowest BCUT2D eigenvalue weighted by molar-refractivity contribution is -0.123. The summed E-state index contributed by atoms with van der Waals surface area (Å²) in [4.78, 5) is 26.4. The monoisotopic (exact) mass is 407 g/mol. The Morgan fingerprint density at radius 2 is 1.83 bits per heavy atom. The van der Waals surface area contributed by atoms with Crippen molar-refractivity contribution in [2.24, 2.45) is 0 Å². The molecule has 0 saturated heterocycles. The maximum absolute atomic E-state index is 12.3. The Morgan fingerprint density at radius 3 is 2.53 bits per heavy atom. The molecule has 3 aromatic rings. The van der Waals surface area contributed by atoms with Crippen LogP contribution in [0.15, 0.2) is 77.4 Å². The molecular formula is C23H25N3O4. The van der Waals surface area contributed by atoms with Crippen molar-refractivity contribution < 1.29 is 18.7 Å². The molecule has 7 nitrogen and oxygen atoms in total. The molecule has 2 aromatic carbocycles. The minimum atomic E-state index is -0.356. The van der Waals surface area contributed by atoms with Crippen LogP contribution in [-0.2, 0) is 4.79 Å². The van der Waals surface area contributed by atoms with Crippen molar-refractivity contribution in [2.75, 3.05) is 32.6 Å². The van der Waals surface area contributed by atoms with Crippen molar-refractivity contribution in [3.05, 3.63) is 84.3 Å². The molecule has 2 N–H and O–H groups in total. The van der Waals surface area contributed by atoms with Gasteiger partial charge in [-0.2, -0.15) is 0 Å². The lowest BCUT2D eigenvalue weighted by atomic mass is 10.1. The summed E-state index contributed by atoms with van der Waals surface area (Å²) >= 11 is 0. The number of likely N-dealkylation sites (N-methyl/N-ethyl adjacent to an activating group) is 1. The number of amides is 2. The second kappa shape index (κ2) is 10.3. The van der Waals surface area contributed by atoms with Crippen LogP contribution in [0.3, 0.4) is 0 Å². The summed E-state index contributed by atoms with van der Waals surface area (Å²) in [7, 11) is 3.95. The van der Waals surface area contributed by atoms with Gasteiger partial charge in [-0.25, -0.2) is 0 Å². The Morgan fingerprint density at radius 1 is 1.03 bits per heavy atom. The van der Waals surface area contributed by atoms with E-state index in [1.165, 1.54) is 6.26 Å². The quantitative estimate of drug-likeness (QED) is 0.568. The highest BCUT2D eigenvalue weighted by molar-refractivity contribution is 6.02. The Kier molecular flexibility index (Phi) is 7.24. The maximum atomic E-state index is 12.3. The average molecular weight is 407 g/mol. The third-order valence-electron chi connectivity index (χ3n) is 4.51. The molecule has 0 bridgehead atoms. The highest BCUT2D eigenvalue weighted by Crippen LogP contribution is 2.19. The average Bonchev–Trinajstić information content (AvgIpc) is 3.28. The van der Waals surface area contributed by atoms with Gasteiger partial charge < -0.3 is 24.7 Å². The van der Waals surface area contributed by atoms with Gasteiger partial charge in [0.15, 0.2) is 12.4 Å². The summed E-state index contributed by atoms with van der Waals surface area (Å²) in [5.41, 5.74) is 1.68. The third kappa shape index (κ3) is 5.96. The van der Waals surface area contributed by atoms with Crippen molar-refractivity contribution in [1.29, 1.82) is 0 Å². The zero-order valence-electron chi connectivity index (χ0n) is 17.0. The molecule has 2 amide bonds. The first kappa shape index (κ1) is 21.1. The topological polar surface area (TPSA) is 83.8 Å². The molecule has 7 heteroatoms. The third-order valence-corrected chi connectivity index (χ3v) is 4.51. The van der Waals surface area contributed by atoms with Crippen molar-refractivity contribution in [3.63, 3.8) is 0 Å². The SMILES string of the molecule is CN(C)C(CNC(=O)COc1cccc(NC(=O)c2ccco2)c1)c1ccccc1. The van der Waals surface area contributed by atoms with Crippen molar-refractivity contribution in [1.82, 2.24) is 10.2 Å². The molecule has 30 heavy (non-hydrogen) atoms. The zero-order valence-corrected chi connectivity index (χ0v) is 17.0. The Labute approximate surface area is 175 Å². The van der Waals surface area contributed by atoms with E-state index < -0.39 is 0 Å². The summed E-state index contributed by atoms with van der Waals surface area (Å²) in [6.07, 6.45) is 1.44. The number of benzene rings is 2. The van der Waals surface area contributed by atoms with E-state index in [0.717, 1.165) is 5.56 Å². The van der Waals surface area contributed by atoms with E-state index in [0.29, 0.717) is 18.0 Å². The number of rotatable bonds is 9. The molecule has 1 aromatic heterocycles. The highest BCUT2D eigenvalue weighted by atomic mass is 16.5. The van der Waals surface area contributed by atoms with E-state index in [9.17, 15) is 9.59 Å². The van der Waals surface area contributed by atoms with Crippen LogP contribution in [-0.4, -0.2) is 44.0 Å². The first-order chi connectivity index (χ1) is 14.5. The number of carbonyl (C=O) groups is 2. The number of hydrogen-bond acceptors (Lipinski definition) is 5. The van der Waals surface area contributed by atoms with E-state index in [-0.39, 0.29) is 30.2 Å². The van der Waals surface area contributed by atoms with Crippen LogP contribution in [0.4, 0.5) is 5.69 Å². The fraction of sp³-hybridized carbons (Fsp3) is 0.217. The summed E-state index contributed by atoms with van der Waals surface area (Å²) in [6, 6.07) is 20.1. The van der Waals surface area contributed by atoms with Crippen LogP contribution in [0.5, 0.6) is 5.75 Å². The van der Waals surface area contributed by atoms with Gasteiger partial charge in [-0.15, -0.1) is 0 Å². The van der Waals surface area contributed by atoms with Gasteiger partial charge in [0.1, 0.15) is 5.75 Å². The van der Waals surface area contributed by atoms with E-state index in [1.54, 1.807) is 36.4 Å². The number of carbonyl (C=O) groups excluding carboxylic acids is 2. The van der Waals surface area contributed by atoms with Crippen molar-refractivity contribution in [3.8, 4) is 5.75 Å². The number of ether oxygens (including phenoxy) is 1. The molecule has 1 heterocycles. The van der Waals surface area contributed by atoms with E-state index in [1.807, 2.05) is 44.4 Å². The lowest BCUT2D eigenvalue weighted by Gasteiger charge is -2.25. The molecule has 0 fully saturated rings. The van der Waals surface area contributed by atoms with Gasteiger partial charge in [0.2, 0.25) is 0 Å². The van der Waals surface area contributed by atoms with Crippen LogP contribution in [0.1, 0.15) is 22.2 Å². The van der Waals surface area contributed by atoms with E-state index in [2.05, 4.69) is 15.5 Å². The molecule has 0 saturated carbocycles. The van der Waals surface area contributed by atoms with E-state index >= 15 is 0 Å². The van der Waals surface area contributed by atoms with Crippen LogP contribution in [0.25, 0.3) is 0 Å². The molecule has 156 valence electrons. The van der Waals surface area contributed by atoms with Crippen molar-refractivity contribution in [2.45, 2.75) is 6.04 Å². The number of furan rings is 1. The first-order valence-electron chi connectivity index (χ1n) is 9.58. The van der Waals surface area contributed by atoms with Crippen LogP contribution in [0, 0.1) is 0 Å². The number of anilines is 1. The second-order valence-corrected chi connectivity index (χ2v) is 6.94. The number of nitrogens with one attached hydrogen (secondary N) is 2. The molecule has 0 aliphatic heterocycles. The normalized spacial score (nSPS) is 11.7.